The van der Waals surface area contributed by atoms with Crippen molar-refractivity contribution in [1.29, 1.82) is 0 Å². The number of hydrogen-bond donors (Lipinski definition) is 1. The molecule has 0 radical (unpaired) electrons. The van der Waals surface area contributed by atoms with Crippen molar-refractivity contribution in [2.45, 2.75) is 32.2 Å². The molecule has 10 heavy (non-hydrogen) atoms. The molecule has 2 N–H and O–H groups in total. The summed E-state index contributed by atoms with van der Waals surface area (Å²) >= 11 is 0. The van der Waals surface area contributed by atoms with Crippen LogP contribution >= 0.6 is 0 Å². The van der Waals surface area contributed by atoms with Crippen LogP contribution in [0.15, 0.2) is 0 Å². The average Bonchev–Trinajstić information content (AvgIpc) is 1.92. The fourth-order valence-electron chi connectivity index (χ4n) is 1.27. The minimum atomic E-state index is 0.264. The molecule has 2 nitrogen and oxygen atoms in total. The maximum absolute atomic E-state index is 5.82. The number of ether oxygens (including phenoxy) is 1. The maximum Gasteiger partial charge on any atom is 0.0620 e. The van der Waals surface area contributed by atoms with E-state index in [1.54, 1.807) is 0 Å². The third-order valence-electron chi connectivity index (χ3n) is 2.24. The average molecular weight is 143 g/mol. The quantitative estimate of drug-likeness (QED) is 0.552. The minimum Gasteiger partial charge on any atom is -0.380 e. The van der Waals surface area contributed by atoms with Crippen LogP contribution in [0.2, 0.25) is 0 Å². The van der Waals surface area contributed by atoms with Gasteiger partial charge in [0.1, 0.15) is 0 Å². The number of hydrogen-bond acceptors (Lipinski definition) is 2. The largest absolute Gasteiger partial charge is 0.380 e. The second kappa shape index (κ2) is 3.94. The first-order valence-corrected chi connectivity index (χ1v) is 4.14. The highest BCUT2D eigenvalue weighted by Gasteiger charge is 2.14. The van der Waals surface area contributed by atoms with Crippen molar-refractivity contribution in [2.24, 2.45) is 11.7 Å². The molecule has 0 amide bonds. The van der Waals surface area contributed by atoms with Gasteiger partial charge in [0.25, 0.3) is 0 Å². The van der Waals surface area contributed by atoms with Crippen LogP contribution in [0.4, 0.5) is 0 Å². The van der Waals surface area contributed by atoms with E-state index < -0.39 is 0 Å². The van der Waals surface area contributed by atoms with Crippen molar-refractivity contribution >= 4 is 0 Å². The molecule has 1 aliphatic rings. The molecule has 1 heterocycles. The Bertz CT molecular complexity index is 83.3. The van der Waals surface area contributed by atoms with Crippen LogP contribution in [-0.4, -0.2) is 19.3 Å². The lowest BCUT2D eigenvalue weighted by atomic mass is 9.96. The molecule has 0 aromatic rings. The summed E-state index contributed by atoms with van der Waals surface area (Å²) < 4.78 is 5.33. The zero-order valence-corrected chi connectivity index (χ0v) is 6.68. The van der Waals surface area contributed by atoms with Crippen LogP contribution in [0, 0.1) is 5.92 Å². The van der Waals surface area contributed by atoms with E-state index in [0.29, 0.717) is 5.92 Å². The van der Waals surface area contributed by atoms with E-state index in [2.05, 4.69) is 6.92 Å². The highest BCUT2D eigenvalue weighted by atomic mass is 16.5. The number of rotatable bonds is 0. The molecule has 0 saturated carbocycles. The van der Waals surface area contributed by atoms with Crippen molar-refractivity contribution in [1.82, 2.24) is 0 Å². The van der Waals surface area contributed by atoms with Crippen LogP contribution in [-0.2, 0) is 4.74 Å². The first-order chi connectivity index (χ1) is 4.80. The van der Waals surface area contributed by atoms with E-state index in [1.807, 2.05) is 0 Å². The highest BCUT2D eigenvalue weighted by molar-refractivity contribution is 4.70. The van der Waals surface area contributed by atoms with Crippen molar-refractivity contribution in [3.05, 3.63) is 0 Å². The Labute approximate surface area is 62.7 Å². The van der Waals surface area contributed by atoms with E-state index in [-0.39, 0.29) is 6.04 Å². The Balaban J connectivity index is 2.28. The Kier molecular flexibility index (Phi) is 3.16. The van der Waals surface area contributed by atoms with E-state index in [0.717, 1.165) is 13.2 Å². The summed E-state index contributed by atoms with van der Waals surface area (Å²) in [4.78, 5) is 0. The molecule has 2 heteroatoms. The van der Waals surface area contributed by atoms with Crippen molar-refractivity contribution in [3.8, 4) is 0 Å². The normalized spacial score (nSPS) is 36.6. The molecular weight excluding hydrogens is 126 g/mol. The maximum atomic E-state index is 5.82. The van der Waals surface area contributed by atoms with Gasteiger partial charge in [0.05, 0.1) is 6.61 Å². The molecule has 1 aliphatic heterocycles. The van der Waals surface area contributed by atoms with Crippen molar-refractivity contribution < 1.29 is 4.74 Å². The predicted molar refractivity (Wildman–Crippen MR) is 41.8 cm³/mol. The molecule has 0 aromatic heterocycles. The lowest BCUT2D eigenvalue weighted by Gasteiger charge is -2.22. The SMILES string of the molecule is CC1CCCCOCC1N. The summed E-state index contributed by atoms with van der Waals surface area (Å²) in [5, 5.41) is 0. The molecule has 1 rings (SSSR count). The Morgan fingerprint density at radius 1 is 1.40 bits per heavy atom. The van der Waals surface area contributed by atoms with Gasteiger partial charge in [-0.2, -0.15) is 0 Å². The molecule has 0 bridgehead atoms. The highest BCUT2D eigenvalue weighted by Crippen LogP contribution is 2.13. The van der Waals surface area contributed by atoms with Crippen LogP contribution in [0.1, 0.15) is 26.2 Å². The molecule has 2 unspecified atom stereocenters. The van der Waals surface area contributed by atoms with Gasteiger partial charge >= 0.3 is 0 Å². The zero-order valence-electron chi connectivity index (χ0n) is 6.68. The van der Waals surface area contributed by atoms with Crippen LogP contribution in [0.25, 0.3) is 0 Å². The summed E-state index contributed by atoms with van der Waals surface area (Å²) in [7, 11) is 0. The van der Waals surface area contributed by atoms with Crippen LogP contribution in [0.3, 0.4) is 0 Å². The van der Waals surface area contributed by atoms with Crippen LogP contribution in [0.5, 0.6) is 0 Å². The summed E-state index contributed by atoms with van der Waals surface area (Å²) in [5.41, 5.74) is 5.82. The smallest absolute Gasteiger partial charge is 0.0620 e. The third-order valence-corrected chi connectivity index (χ3v) is 2.24. The molecule has 60 valence electrons. The molecule has 0 aromatic carbocycles. The van der Waals surface area contributed by atoms with Gasteiger partial charge in [-0.15, -0.1) is 0 Å². The fourth-order valence-corrected chi connectivity index (χ4v) is 1.27. The molecule has 1 fully saturated rings. The van der Waals surface area contributed by atoms with Gasteiger partial charge in [-0.25, -0.2) is 0 Å². The lowest BCUT2D eigenvalue weighted by Crippen LogP contribution is -2.34. The third kappa shape index (κ3) is 2.27. The van der Waals surface area contributed by atoms with Gasteiger partial charge in [-0.3, -0.25) is 0 Å². The second-order valence-corrected chi connectivity index (χ2v) is 3.21. The van der Waals surface area contributed by atoms with Gasteiger partial charge in [-0.05, 0) is 18.8 Å². The second-order valence-electron chi connectivity index (χ2n) is 3.21. The summed E-state index contributed by atoms with van der Waals surface area (Å²) in [6.45, 7) is 3.86. The van der Waals surface area contributed by atoms with Crippen LogP contribution < -0.4 is 5.73 Å². The van der Waals surface area contributed by atoms with E-state index in [4.69, 9.17) is 10.5 Å². The molecule has 0 spiro atoms. The molecule has 1 saturated heterocycles. The minimum absolute atomic E-state index is 0.264. The fraction of sp³-hybridized carbons (Fsp3) is 1.00. The molecular formula is C8H17NO. The Morgan fingerprint density at radius 2 is 2.20 bits per heavy atom. The van der Waals surface area contributed by atoms with Crippen molar-refractivity contribution in [2.75, 3.05) is 13.2 Å². The van der Waals surface area contributed by atoms with E-state index >= 15 is 0 Å². The van der Waals surface area contributed by atoms with Gasteiger partial charge in [0.2, 0.25) is 0 Å². The summed E-state index contributed by atoms with van der Waals surface area (Å²) in [6.07, 6.45) is 3.75. The van der Waals surface area contributed by atoms with E-state index in [1.165, 1.54) is 19.3 Å². The van der Waals surface area contributed by atoms with Crippen molar-refractivity contribution in [3.63, 3.8) is 0 Å². The Hall–Kier alpha value is -0.0800. The monoisotopic (exact) mass is 143 g/mol. The topological polar surface area (TPSA) is 35.2 Å². The predicted octanol–water partition coefficient (Wildman–Crippen LogP) is 1.15. The summed E-state index contributed by atoms with van der Waals surface area (Å²) in [6, 6.07) is 0.264. The lowest BCUT2D eigenvalue weighted by molar-refractivity contribution is 0.0883. The van der Waals surface area contributed by atoms with Gasteiger partial charge in [-0.1, -0.05) is 13.3 Å². The zero-order chi connectivity index (χ0) is 7.40. The van der Waals surface area contributed by atoms with Gasteiger partial charge < -0.3 is 10.5 Å². The first-order valence-electron chi connectivity index (χ1n) is 4.14. The standard InChI is InChI=1S/C8H17NO/c1-7-4-2-3-5-10-6-8(7)9/h7-8H,2-6,9H2,1H3. The molecule has 2 atom stereocenters. The Morgan fingerprint density at radius 3 is 3.00 bits per heavy atom. The van der Waals surface area contributed by atoms with Gasteiger partial charge in [0.15, 0.2) is 0 Å². The molecule has 0 aliphatic carbocycles. The van der Waals surface area contributed by atoms with E-state index in [9.17, 15) is 0 Å². The number of nitrogens with two attached hydrogens (primary N) is 1. The van der Waals surface area contributed by atoms with Gasteiger partial charge in [0, 0.05) is 12.6 Å². The first kappa shape index (κ1) is 8.02. The summed E-state index contributed by atoms with van der Waals surface area (Å²) in [5.74, 6) is 0.639.